The molecule has 5 nitrogen and oxygen atoms in total. The fourth-order valence-electron chi connectivity index (χ4n) is 2.45. The number of carbonyl (C=O) groups excluding carboxylic acids is 1. The lowest BCUT2D eigenvalue weighted by atomic mass is 10.1. The zero-order valence-corrected chi connectivity index (χ0v) is 14.7. The number of amides is 1. The van der Waals surface area contributed by atoms with Crippen molar-refractivity contribution < 1.29 is 14.7 Å². The summed E-state index contributed by atoms with van der Waals surface area (Å²) in [4.78, 5) is 24.7. The van der Waals surface area contributed by atoms with E-state index in [0.29, 0.717) is 13.1 Å². The summed E-state index contributed by atoms with van der Waals surface area (Å²) in [5.74, 6) is -1.11. The summed E-state index contributed by atoms with van der Waals surface area (Å²) in [5, 5.41) is 11.9. The number of carboxylic acid groups (broad SMARTS) is 1. The van der Waals surface area contributed by atoms with Crippen LogP contribution in [0.25, 0.3) is 0 Å². The van der Waals surface area contributed by atoms with Gasteiger partial charge in [-0.3, -0.25) is 14.5 Å². The van der Waals surface area contributed by atoms with E-state index in [4.69, 9.17) is 5.11 Å². The molecule has 0 aromatic heterocycles. The highest BCUT2D eigenvalue weighted by Gasteiger charge is 2.14. The Morgan fingerprint density at radius 2 is 1.44 bits per heavy atom. The highest BCUT2D eigenvalue weighted by Crippen LogP contribution is 2.04. The lowest BCUT2D eigenvalue weighted by Gasteiger charge is -2.19. The van der Waals surface area contributed by atoms with E-state index >= 15 is 0 Å². The standard InChI is InChI=1S/C19H22N2O3.ClH/c22-18(20-12-11-16-7-3-1-4-8-16)14-21(15-19(23)24)13-17-9-5-2-6-10-17;/h1-10H,11-15H2,(H,20,22)(H,23,24);1H. The molecule has 2 aromatic carbocycles. The first kappa shape index (κ1) is 20.7. The molecule has 0 saturated heterocycles. The quantitative estimate of drug-likeness (QED) is 0.718. The molecule has 0 fully saturated rings. The minimum atomic E-state index is -0.942. The molecule has 0 heterocycles. The van der Waals surface area contributed by atoms with Gasteiger partial charge in [-0.25, -0.2) is 0 Å². The van der Waals surface area contributed by atoms with Gasteiger partial charge in [-0.15, -0.1) is 12.4 Å². The predicted molar refractivity (Wildman–Crippen MR) is 99.8 cm³/mol. The second-order valence-electron chi connectivity index (χ2n) is 5.61. The Kier molecular flexibility index (Phi) is 9.29. The summed E-state index contributed by atoms with van der Waals surface area (Å²) >= 11 is 0. The predicted octanol–water partition coefficient (Wildman–Crippen LogP) is 2.35. The van der Waals surface area contributed by atoms with E-state index in [1.54, 1.807) is 4.90 Å². The maximum absolute atomic E-state index is 12.1. The highest BCUT2D eigenvalue weighted by atomic mass is 35.5. The van der Waals surface area contributed by atoms with Crippen molar-refractivity contribution in [1.29, 1.82) is 0 Å². The number of benzene rings is 2. The number of hydrogen-bond acceptors (Lipinski definition) is 3. The highest BCUT2D eigenvalue weighted by molar-refractivity contribution is 5.85. The Hall–Kier alpha value is -2.37. The Morgan fingerprint density at radius 1 is 0.880 bits per heavy atom. The van der Waals surface area contributed by atoms with Crippen LogP contribution >= 0.6 is 12.4 Å². The average molecular weight is 363 g/mol. The molecule has 0 bridgehead atoms. The number of aliphatic carboxylic acids is 1. The first-order valence-corrected chi connectivity index (χ1v) is 7.92. The van der Waals surface area contributed by atoms with Crippen molar-refractivity contribution in [3.05, 3.63) is 71.8 Å². The number of halogens is 1. The summed E-state index contributed by atoms with van der Waals surface area (Å²) < 4.78 is 0. The van der Waals surface area contributed by atoms with Crippen LogP contribution in [0.2, 0.25) is 0 Å². The minimum absolute atomic E-state index is 0. The Morgan fingerprint density at radius 3 is 2.00 bits per heavy atom. The molecule has 0 aliphatic heterocycles. The van der Waals surface area contributed by atoms with Crippen molar-refractivity contribution in [2.75, 3.05) is 19.6 Å². The SMILES string of the molecule is Cl.O=C(O)CN(CC(=O)NCCc1ccccc1)Cc1ccccc1. The monoisotopic (exact) mass is 362 g/mol. The fourth-order valence-corrected chi connectivity index (χ4v) is 2.45. The number of carbonyl (C=O) groups is 2. The fraction of sp³-hybridized carbons (Fsp3) is 0.263. The van der Waals surface area contributed by atoms with Crippen molar-refractivity contribution in [1.82, 2.24) is 10.2 Å². The van der Waals surface area contributed by atoms with Gasteiger partial charge in [0.25, 0.3) is 0 Å². The number of hydrogen-bond donors (Lipinski definition) is 2. The van der Waals surface area contributed by atoms with Gasteiger partial charge in [0.05, 0.1) is 13.1 Å². The Bertz CT molecular complexity index is 650. The second kappa shape index (κ2) is 11.2. The smallest absolute Gasteiger partial charge is 0.317 e. The topological polar surface area (TPSA) is 69.6 Å². The van der Waals surface area contributed by atoms with Gasteiger partial charge in [0, 0.05) is 13.1 Å². The van der Waals surface area contributed by atoms with Crippen LogP contribution in [0.3, 0.4) is 0 Å². The van der Waals surface area contributed by atoms with Crippen LogP contribution in [0.4, 0.5) is 0 Å². The summed E-state index contributed by atoms with van der Waals surface area (Å²) in [6.07, 6.45) is 0.754. The molecule has 0 aliphatic carbocycles. The third kappa shape index (κ3) is 8.33. The van der Waals surface area contributed by atoms with Gasteiger partial charge in [-0.2, -0.15) is 0 Å². The third-order valence-corrected chi connectivity index (χ3v) is 3.55. The van der Waals surface area contributed by atoms with Crippen LogP contribution in [0.5, 0.6) is 0 Å². The lowest BCUT2D eigenvalue weighted by molar-refractivity contribution is -0.138. The molecule has 2 N–H and O–H groups in total. The molecular weight excluding hydrogens is 340 g/mol. The van der Waals surface area contributed by atoms with Gasteiger partial charge in [0.1, 0.15) is 0 Å². The zero-order valence-electron chi connectivity index (χ0n) is 13.9. The van der Waals surface area contributed by atoms with Gasteiger partial charge in [0.15, 0.2) is 0 Å². The molecule has 0 saturated carbocycles. The summed E-state index contributed by atoms with van der Waals surface area (Å²) in [5.41, 5.74) is 2.14. The molecule has 2 rings (SSSR count). The van der Waals surface area contributed by atoms with E-state index < -0.39 is 5.97 Å². The van der Waals surface area contributed by atoms with Crippen LogP contribution in [0.15, 0.2) is 60.7 Å². The molecule has 25 heavy (non-hydrogen) atoms. The van der Waals surface area contributed by atoms with E-state index in [0.717, 1.165) is 17.5 Å². The molecule has 1 amide bonds. The van der Waals surface area contributed by atoms with Crippen molar-refractivity contribution in [2.24, 2.45) is 0 Å². The molecule has 134 valence electrons. The molecule has 0 spiro atoms. The van der Waals surface area contributed by atoms with E-state index in [1.807, 2.05) is 60.7 Å². The number of rotatable bonds is 9. The molecular formula is C19H23ClN2O3. The maximum Gasteiger partial charge on any atom is 0.317 e. The first-order valence-electron chi connectivity index (χ1n) is 7.92. The molecule has 0 radical (unpaired) electrons. The summed E-state index contributed by atoms with van der Waals surface area (Å²) in [6.45, 7) is 0.866. The third-order valence-electron chi connectivity index (χ3n) is 3.55. The summed E-state index contributed by atoms with van der Waals surface area (Å²) in [7, 11) is 0. The Balaban J connectivity index is 0.00000312. The van der Waals surface area contributed by atoms with Crippen molar-refractivity contribution >= 4 is 24.3 Å². The molecule has 0 unspecified atom stereocenters. The van der Waals surface area contributed by atoms with Gasteiger partial charge in [-0.1, -0.05) is 60.7 Å². The lowest BCUT2D eigenvalue weighted by Crippen LogP contribution is -2.40. The number of nitrogens with one attached hydrogen (secondary N) is 1. The maximum atomic E-state index is 12.1. The molecule has 0 atom stereocenters. The summed E-state index contributed by atoms with van der Waals surface area (Å²) in [6, 6.07) is 19.4. The van der Waals surface area contributed by atoms with E-state index in [1.165, 1.54) is 0 Å². The van der Waals surface area contributed by atoms with E-state index in [-0.39, 0.29) is 31.4 Å². The van der Waals surface area contributed by atoms with E-state index in [9.17, 15) is 9.59 Å². The Labute approximate surface area is 154 Å². The van der Waals surface area contributed by atoms with Crippen LogP contribution in [-0.2, 0) is 22.6 Å². The van der Waals surface area contributed by atoms with Gasteiger partial charge < -0.3 is 10.4 Å². The molecule has 2 aromatic rings. The van der Waals surface area contributed by atoms with Crippen LogP contribution in [0, 0.1) is 0 Å². The van der Waals surface area contributed by atoms with Crippen molar-refractivity contribution in [3.8, 4) is 0 Å². The normalized spacial score (nSPS) is 10.1. The van der Waals surface area contributed by atoms with Gasteiger partial charge in [-0.05, 0) is 17.5 Å². The zero-order chi connectivity index (χ0) is 17.2. The molecule has 0 aliphatic rings. The minimum Gasteiger partial charge on any atom is -0.480 e. The second-order valence-corrected chi connectivity index (χ2v) is 5.61. The van der Waals surface area contributed by atoms with Crippen LogP contribution in [-0.4, -0.2) is 41.5 Å². The van der Waals surface area contributed by atoms with E-state index in [2.05, 4.69) is 5.32 Å². The number of nitrogens with zero attached hydrogens (tertiary/aromatic N) is 1. The van der Waals surface area contributed by atoms with Gasteiger partial charge >= 0.3 is 5.97 Å². The molecule has 6 heteroatoms. The number of carboxylic acids is 1. The average Bonchev–Trinajstić information content (AvgIpc) is 2.56. The first-order chi connectivity index (χ1) is 11.6. The van der Waals surface area contributed by atoms with Crippen LogP contribution < -0.4 is 5.32 Å². The van der Waals surface area contributed by atoms with Crippen LogP contribution in [0.1, 0.15) is 11.1 Å². The van der Waals surface area contributed by atoms with Gasteiger partial charge in [0.2, 0.25) is 5.91 Å². The largest absolute Gasteiger partial charge is 0.480 e. The van der Waals surface area contributed by atoms with Crippen molar-refractivity contribution in [3.63, 3.8) is 0 Å². The van der Waals surface area contributed by atoms with Crippen molar-refractivity contribution in [2.45, 2.75) is 13.0 Å².